The monoisotopic (exact) mass is 265 g/mol. The van der Waals surface area contributed by atoms with Gasteiger partial charge in [0, 0.05) is 6.54 Å². The Morgan fingerprint density at radius 2 is 2.00 bits per heavy atom. The number of cyclic esters (lactones) is 1. The topological polar surface area (TPSA) is 38.3 Å². The number of ether oxygens (including phenoxy) is 1. The molecule has 1 aliphatic rings. The van der Waals surface area contributed by atoms with Gasteiger partial charge in [-0.1, -0.05) is 55.8 Å². The van der Waals surface area contributed by atoms with Crippen LogP contribution in [0.5, 0.6) is 0 Å². The van der Waals surface area contributed by atoms with E-state index < -0.39 is 12.1 Å². The van der Waals surface area contributed by atoms with Gasteiger partial charge < -0.3 is 10.1 Å². The lowest BCUT2D eigenvalue weighted by Crippen LogP contribution is -2.22. The summed E-state index contributed by atoms with van der Waals surface area (Å²) in [6.07, 6.45) is -0.412. The van der Waals surface area contributed by atoms with Crippen LogP contribution in [-0.2, 0) is 9.53 Å². The van der Waals surface area contributed by atoms with Gasteiger partial charge in [-0.15, -0.1) is 0 Å². The average molecular weight is 266 g/mol. The van der Waals surface area contributed by atoms with Crippen LogP contribution in [0, 0.1) is 5.92 Å². The van der Waals surface area contributed by atoms with Gasteiger partial charge in [0.05, 0.1) is 5.70 Å². The van der Waals surface area contributed by atoms with Gasteiger partial charge in [0.15, 0.2) is 6.10 Å². The lowest BCUT2D eigenvalue weighted by Gasteiger charge is -2.17. The van der Waals surface area contributed by atoms with Crippen molar-refractivity contribution in [1.82, 2.24) is 5.32 Å². The van der Waals surface area contributed by atoms with E-state index in [4.69, 9.17) is 16.3 Å². The van der Waals surface area contributed by atoms with Gasteiger partial charge >= 0.3 is 5.97 Å². The van der Waals surface area contributed by atoms with Crippen LogP contribution >= 0.6 is 11.6 Å². The zero-order valence-electron chi connectivity index (χ0n) is 10.4. The number of hydrogen-bond acceptors (Lipinski definition) is 3. The molecule has 0 fully saturated rings. The van der Waals surface area contributed by atoms with Crippen molar-refractivity contribution in [2.45, 2.75) is 20.0 Å². The summed E-state index contributed by atoms with van der Waals surface area (Å²) < 4.78 is 5.30. The highest BCUT2D eigenvalue weighted by molar-refractivity contribution is 6.42. The summed E-state index contributed by atoms with van der Waals surface area (Å²) in [7, 11) is 0. The molecule has 18 heavy (non-hydrogen) atoms. The number of carbonyl (C=O) groups excluding carboxylic acids is 1. The van der Waals surface area contributed by atoms with E-state index in [1.54, 1.807) is 0 Å². The second-order valence-electron chi connectivity index (χ2n) is 4.70. The summed E-state index contributed by atoms with van der Waals surface area (Å²) in [5.41, 5.74) is 1.59. The Hall–Kier alpha value is -1.48. The first-order valence-electron chi connectivity index (χ1n) is 5.99. The molecule has 0 aromatic heterocycles. The zero-order valence-corrected chi connectivity index (χ0v) is 11.2. The van der Waals surface area contributed by atoms with E-state index in [-0.39, 0.29) is 5.03 Å². The molecule has 1 heterocycles. The number of esters is 1. The van der Waals surface area contributed by atoms with Crippen LogP contribution in [0.3, 0.4) is 0 Å². The van der Waals surface area contributed by atoms with E-state index in [1.807, 2.05) is 30.3 Å². The smallest absolute Gasteiger partial charge is 0.352 e. The number of hydrogen-bond donors (Lipinski definition) is 1. The molecule has 4 heteroatoms. The van der Waals surface area contributed by atoms with Crippen LogP contribution < -0.4 is 5.32 Å². The largest absolute Gasteiger partial charge is 0.447 e. The number of rotatable bonds is 4. The zero-order chi connectivity index (χ0) is 13.1. The molecule has 0 saturated heterocycles. The Balaban J connectivity index is 2.23. The molecule has 1 aromatic rings. The standard InChI is InChI=1S/C14H16ClNO2/c1-9(2)8-16-12-11(15)14(17)18-13(12)10-6-4-3-5-7-10/h3-7,9,13,16H,8H2,1-2H3. The minimum atomic E-state index is -0.461. The van der Waals surface area contributed by atoms with E-state index in [2.05, 4.69) is 19.2 Å². The lowest BCUT2D eigenvalue weighted by molar-refractivity contribution is -0.139. The van der Waals surface area contributed by atoms with Crippen LogP contribution in [0.2, 0.25) is 0 Å². The Bertz CT molecular complexity index is 468. The van der Waals surface area contributed by atoms with Gasteiger partial charge in [-0.25, -0.2) is 4.79 Å². The van der Waals surface area contributed by atoms with Crippen LogP contribution in [0.4, 0.5) is 0 Å². The second kappa shape index (κ2) is 5.44. The molecule has 0 amide bonds. The fourth-order valence-electron chi connectivity index (χ4n) is 1.79. The molecular formula is C14H16ClNO2. The van der Waals surface area contributed by atoms with Crippen molar-refractivity contribution in [2.24, 2.45) is 5.92 Å². The Morgan fingerprint density at radius 3 is 2.61 bits per heavy atom. The van der Waals surface area contributed by atoms with Gasteiger partial charge in [-0.2, -0.15) is 0 Å². The molecule has 1 unspecified atom stereocenters. The maximum absolute atomic E-state index is 11.6. The summed E-state index contributed by atoms with van der Waals surface area (Å²) in [6, 6.07) is 9.59. The van der Waals surface area contributed by atoms with Gasteiger partial charge in [-0.3, -0.25) is 0 Å². The number of benzene rings is 1. The van der Waals surface area contributed by atoms with E-state index >= 15 is 0 Å². The Morgan fingerprint density at radius 1 is 1.33 bits per heavy atom. The molecule has 0 spiro atoms. The highest BCUT2D eigenvalue weighted by Crippen LogP contribution is 2.35. The van der Waals surface area contributed by atoms with Crippen LogP contribution in [0.1, 0.15) is 25.5 Å². The fraction of sp³-hybridized carbons (Fsp3) is 0.357. The third kappa shape index (κ3) is 2.67. The lowest BCUT2D eigenvalue weighted by atomic mass is 10.1. The molecule has 0 bridgehead atoms. The summed E-state index contributed by atoms with van der Waals surface area (Å²) in [5.74, 6) is 0.00543. The Kier molecular flexibility index (Phi) is 3.92. The summed E-state index contributed by atoms with van der Waals surface area (Å²) >= 11 is 6.00. The van der Waals surface area contributed by atoms with Crippen molar-refractivity contribution < 1.29 is 9.53 Å². The summed E-state index contributed by atoms with van der Waals surface area (Å²) in [6.45, 7) is 4.94. The van der Waals surface area contributed by atoms with Crippen molar-refractivity contribution in [3.05, 3.63) is 46.6 Å². The minimum absolute atomic E-state index is 0.157. The molecular weight excluding hydrogens is 250 g/mol. The third-order valence-corrected chi connectivity index (χ3v) is 3.06. The van der Waals surface area contributed by atoms with Crippen molar-refractivity contribution >= 4 is 17.6 Å². The number of halogens is 1. The van der Waals surface area contributed by atoms with Crippen LogP contribution in [0.15, 0.2) is 41.1 Å². The molecule has 2 rings (SSSR count). The molecule has 1 atom stereocenters. The van der Waals surface area contributed by atoms with E-state index in [1.165, 1.54) is 0 Å². The molecule has 1 aliphatic heterocycles. The van der Waals surface area contributed by atoms with Crippen LogP contribution in [0.25, 0.3) is 0 Å². The second-order valence-corrected chi connectivity index (χ2v) is 5.08. The molecule has 0 aliphatic carbocycles. The predicted molar refractivity (Wildman–Crippen MR) is 71.0 cm³/mol. The van der Waals surface area contributed by atoms with Crippen molar-refractivity contribution in [1.29, 1.82) is 0 Å². The Labute approximate surface area is 112 Å². The number of nitrogens with one attached hydrogen (secondary N) is 1. The van der Waals surface area contributed by atoms with Crippen molar-refractivity contribution in [2.75, 3.05) is 6.54 Å². The third-order valence-electron chi connectivity index (χ3n) is 2.71. The SMILES string of the molecule is CC(C)CNC1=C(Cl)C(=O)OC1c1ccccc1. The first-order chi connectivity index (χ1) is 8.59. The van der Waals surface area contributed by atoms with Gasteiger partial charge in [-0.05, 0) is 11.5 Å². The average Bonchev–Trinajstić information content (AvgIpc) is 2.64. The predicted octanol–water partition coefficient (Wildman–Crippen LogP) is 2.98. The van der Waals surface area contributed by atoms with E-state index in [9.17, 15) is 4.79 Å². The van der Waals surface area contributed by atoms with Crippen molar-refractivity contribution in [3.63, 3.8) is 0 Å². The molecule has 1 aromatic carbocycles. The van der Waals surface area contributed by atoms with E-state index in [0.29, 0.717) is 11.6 Å². The van der Waals surface area contributed by atoms with Gasteiger partial charge in [0.25, 0.3) is 0 Å². The normalized spacial score (nSPS) is 19.3. The maximum Gasteiger partial charge on any atom is 0.352 e. The van der Waals surface area contributed by atoms with Crippen molar-refractivity contribution in [3.8, 4) is 0 Å². The first-order valence-corrected chi connectivity index (χ1v) is 6.37. The van der Waals surface area contributed by atoms with Gasteiger partial charge in [0.2, 0.25) is 0 Å². The molecule has 0 radical (unpaired) electrons. The molecule has 1 N–H and O–H groups in total. The summed E-state index contributed by atoms with van der Waals surface area (Å²) in [4.78, 5) is 11.6. The quantitative estimate of drug-likeness (QED) is 0.851. The highest BCUT2D eigenvalue weighted by atomic mass is 35.5. The van der Waals surface area contributed by atoms with Crippen LogP contribution in [-0.4, -0.2) is 12.5 Å². The molecule has 3 nitrogen and oxygen atoms in total. The minimum Gasteiger partial charge on any atom is -0.447 e. The fourth-order valence-corrected chi connectivity index (χ4v) is 2.00. The highest BCUT2D eigenvalue weighted by Gasteiger charge is 2.34. The molecule has 96 valence electrons. The first kappa shape index (κ1) is 13.0. The molecule has 0 saturated carbocycles. The van der Waals surface area contributed by atoms with Gasteiger partial charge in [0.1, 0.15) is 5.03 Å². The maximum atomic E-state index is 11.6. The van der Waals surface area contributed by atoms with E-state index in [0.717, 1.165) is 12.1 Å². The number of carbonyl (C=O) groups is 1. The summed E-state index contributed by atoms with van der Waals surface area (Å²) in [5, 5.41) is 3.37.